The number of carbonyl (C=O) groups excluding carboxylic acids is 2. The Morgan fingerprint density at radius 1 is 0.857 bits per heavy atom. The smallest absolute Gasteiger partial charge is 0.416 e. The molecule has 0 saturated heterocycles. The van der Waals surface area contributed by atoms with E-state index >= 15 is 0 Å². The highest BCUT2D eigenvalue weighted by Crippen LogP contribution is 2.39. The first kappa shape index (κ1) is 17.6. The van der Waals surface area contributed by atoms with Gasteiger partial charge in [-0.15, -0.1) is 0 Å². The van der Waals surface area contributed by atoms with Crippen LogP contribution >= 0.6 is 0 Å². The van der Waals surface area contributed by atoms with E-state index < -0.39 is 36.0 Å². The molecule has 122 valence electrons. The molecule has 0 unspecified atom stereocenters. The average molecular weight is 322 g/mol. The highest BCUT2D eigenvalue weighted by atomic mass is 19.4. The number of alkyl halides is 6. The molecule has 0 aromatic heterocycles. The second-order valence-corrected chi connectivity index (χ2v) is 4.77. The quantitative estimate of drug-likeness (QED) is 0.455. The SMILES string of the molecule is CC(OC(=O)C(F)(F)F)(OC(=O)C(F)(F)F)C1CCCC1. The summed E-state index contributed by atoms with van der Waals surface area (Å²) < 4.78 is 81.3. The Hall–Kier alpha value is -1.48. The second kappa shape index (κ2) is 5.72. The van der Waals surface area contributed by atoms with Crippen molar-refractivity contribution in [3.63, 3.8) is 0 Å². The van der Waals surface area contributed by atoms with Crippen LogP contribution in [0.1, 0.15) is 32.6 Å². The van der Waals surface area contributed by atoms with Crippen molar-refractivity contribution in [3.05, 3.63) is 0 Å². The summed E-state index contributed by atoms with van der Waals surface area (Å²) in [5.41, 5.74) is 0. The number of carbonyl (C=O) groups is 2. The Balaban J connectivity index is 2.95. The van der Waals surface area contributed by atoms with Gasteiger partial charge in [0, 0.05) is 12.8 Å². The minimum Gasteiger partial charge on any atom is -0.416 e. The summed E-state index contributed by atoms with van der Waals surface area (Å²) in [5.74, 6) is -8.93. The fourth-order valence-corrected chi connectivity index (χ4v) is 2.12. The van der Waals surface area contributed by atoms with E-state index in [1.165, 1.54) is 0 Å². The molecule has 4 nitrogen and oxygen atoms in total. The summed E-state index contributed by atoms with van der Waals surface area (Å²) in [6, 6.07) is 0. The van der Waals surface area contributed by atoms with Crippen molar-refractivity contribution in [2.75, 3.05) is 0 Å². The maximum absolute atomic E-state index is 12.2. The minimum absolute atomic E-state index is 0.187. The molecule has 1 saturated carbocycles. The lowest BCUT2D eigenvalue weighted by molar-refractivity contribution is -0.280. The molecule has 1 aliphatic rings. The van der Waals surface area contributed by atoms with Crippen molar-refractivity contribution in [1.29, 1.82) is 0 Å². The van der Waals surface area contributed by atoms with Gasteiger partial charge in [-0.3, -0.25) is 0 Å². The van der Waals surface area contributed by atoms with E-state index in [0.29, 0.717) is 12.8 Å². The van der Waals surface area contributed by atoms with Gasteiger partial charge in [-0.25, -0.2) is 9.59 Å². The average Bonchev–Trinajstić information content (AvgIpc) is 2.79. The van der Waals surface area contributed by atoms with E-state index in [4.69, 9.17) is 0 Å². The molecule has 0 N–H and O–H groups in total. The minimum atomic E-state index is -5.40. The molecule has 0 aliphatic heterocycles. The summed E-state index contributed by atoms with van der Waals surface area (Å²) in [4.78, 5) is 21.7. The topological polar surface area (TPSA) is 52.6 Å². The van der Waals surface area contributed by atoms with E-state index in [2.05, 4.69) is 9.47 Å². The monoisotopic (exact) mass is 322 g/mol. The molecule has 0 bridgehead atoms. The van der Waals surface area contributed by atoms with Gasteiger partial charge in [0.25, 0.3) is 5.79 Å². The van der Waals surface area contributed by atoms with Crippen molar-refractivity contribution >= 4 is 11.9 Å². The Labute approximate surface area is 115 Å². The standard InChI is InChI=1S/C11H12F6O4/c1-9(6-4-2-3-5-6,20-7(18)10(12,13)14)21-8(19)11(15,16)17/h6H,2-5H2,1H3. The van der Waals surface area contributed by atoms with Gasteiger partial charge < -0.3 is 9.47 Å². The van der Waals surface area contributed by atoms with Gasteiger partial charge in [0.1, 0.15) is 0 Å². The van der Waals surface area contributed by atoms with Gasteiger partial charge in [0.05, 0.1) is 0 Å². The molecule has 0 radical (unpaired) electrons. The van der Waals surface area contributed by atoms with Crippen molar-refractivity contribution in [2.45, 2.75) is 50.7 Å². The molecule has 0 aromatic carbocycles. The van der Waals surface area contributed by atoms with Crippen LogP contribution in [0.25, 0.3) is 0 Å². The molecule has 1 fully saturated rings. The van der Waals surface area contributed by atoms with E-state index in [1.807, 2.05) is 0 Å². The number of ether oxygens (including phenoxy) is 2. The maximum Gasteiger partial charge on any atom is 0.491 e. The van der Waals surface area contributed by atoms with Crippen molar-refractivity contribution in [1.82, 2.24) is 0 Å². The van der Waals surface area contributed by atoms with Crippen LogP contribution < -0.4 is 0 Å². The van der Waals surface area contributed by atoms with Gasteiger partial charge in [-0.05, 0) is 12.8 Å². The third-order valence-corrected chi connectivity index (χ3v) is 3.15. The molecular formula is C11H12F6O4. The van der Waals surface area contributed by atoms with Crippen LogP contribution in [0.4, 0.5) is 26.3 Å². The van der Waals surface area contributed by atoms with E-state index in [1.54, 1.807) is 0 Å². The third kappa shape index (κ3) is 4.50. The molecular weight excluding hydrogens is 310 g/mol. The van der Waals surface area contributed by atoms with Crippen LogP contribution in [0, 0.1) is 5.92 Å². The maximum atomic E-state index is 12.2. The lowest BCUT2D eigenvalue weighted by Gasteiger charge is -2.34. The summed E-state index contributed by atoms with van der Waals surface area (Å²) in [5, 5.41) is 0. The summed E-state index contributed by atoms with van der Waals surface area (Å²) in [6.45, 7) is 0.732. The molecule has 0 amide bonds. The Morgan fingerprint density at radius 2 is 1.19 bits per heavy atom. The fraction of sp³-hybridized carbons (Fsp3) is 0.818. The van der Waals surface area contributed by atoms with Gasteiger partial charge >= 0.3 is 24.3 Å². The van der Waals surface area contributed by atoms with Crippen LogP contribution in [0.2, 0.25) is 0 Å². The highest BCUT2D eigenvalue weighted by Gasteiger charge is 2.53. The zero-order chi connectivity index (χ0) is 16.5. The number of halogens is 6. The van der Waals surface area contributed by atoms with Crippen LogP contribution in [0.3, 0.4) is 0 Å². The molecule has 0 spiro atoms. The predicted molar refractivity (Wildman–Crippen MR) is 54.7 cm³/mol. The molecule has 21 heavy (non-hydrogen) atoms. The number of hydrogen-bond donors (Lipinski definition) is 0. The van der Waals surface area contributed by atoms with Crippen molar-refractivity contribution in [2.24, 2.45) is 5.92 Å². The molecule has 1 rings (SSSR count). The highest BCUT2D eigenvalue weighted by molar-refractivity contribution is 5.78. The number of hydrogen-bond acceptors (Lipinski definition) is 4. The lowest BCUT2D eigenvalue weighted by Crippen LogP contribution is -2.48. The normalized spacial score (nSPS) is 17.7. The number of esters is 2. The molecule has 0 atom stereocenters. The second-order valence-electron chi connectivity index (χ2n) is 4.77. The van der Waals surface area contributed by atoms with E-state index in [-0.39, 0.29) is 12.8 Å². The predicted octanol–water partition coefficient (Wildman–Crippen LogP) is 3.10. The Kier molecular flexibility index (Phi) is 4.79. The van der Waals surface area contributed by atoms with Crippen molar-refractivity contribution < 1.29 is 45.4 Å². The summed E-state index contributed by atoms with van der Waals surface area (Å²) in [7, 11) is 0. The van der Waals surface area contributed by atoms with Crippen LogP contribution in [-0.2, 0) is 19.1 Å². The van der Waals surface area contributed by atoms with E-state index in [0.717, 1.165) is 6.92 Å². The largest absolute Gasteiger partial charge is 0.491 e. The molecule has 0 heterocycles. The molecule has 1 aliphatic carbocycles. The Bertz CT molecular complexity index is 380. The summed E-state index contributed by atoms with van der Waals surface area (Å²) >= 11 is 0. The Morgan fingerprint density at radius 3 is 1.48 bits per heavy atom. The first-order valence-corrected chi connectivity index (χ1v) is 5.96. The molecule has 10 heteroatoms. The van der Waals surface area contributed by atoms with Gasteiger partial charge in [-0.2, -0.15) is 26.3 Å². The zero-order valence-electron chi connectivity index (χ0n) is 10.8. The van der Waals surface area contributed by atoms with Crippen LogP contribution in [0.5, 0.6) is 0 Å². The van der Waals surface area contributed by atoms with Gasteiger partial charge in [-0.1, -0.05) is 12.8 Å². The number of rotatable bonds is 3. The first-order chi connectivity index (χ1) is 9.36. The van der Waals surface area contributed by atoms with E-state index in [9.17, 15) is 35.9 Å². The first-order valence-electron chi connectivity index (χ1n) is 5.96. The van der Waals surface area contributed by atoms with Crippen molar-refractivity contribution in [3.8, 4) is 0 Å². The van der Waals surface area contributed by atoms with Gasteiger partial charge in [0.15, 0.2) is 0 Å². The molecule has 0 aromatic rings. The van der Waals surface area contributed by atoms with Crippen LogP contribution in [-0.4, -0.2) is 30.1 Å². The third-order valence-electron chi connectivity index (χ3n) is 3.15. The summed E-state index contributed by atoms with van der Waals surface area (Å²) in [6.07, 6.45) is -9.38. The zero-order valence-corrected chi connectivity index (χ0v) is 10.8. The van der Waals surface area contributed by atoms with Crippen LogP contribution in [0.15, 0.2) is 0 Å². The fourth-order valence-electron chi connectivity index (χ4n) is 2.12. The lowest BCUT2D eigenvalue weighted by atomic mass is 9.98. The van der Waals surface area contributed by atoms with Gasteiger partial charge in [0.2, 0.25) is 0 Å².